The summed E-state index contributed by atoms with van der Waals surface area (Å²) < 4.78 is 15.8. The zero-order valence-corrected chi connectivity index (χ0v) is 14.0. The highest BCUT2D eigenvalue weighted by Crippen LogP contribution is 2.30. The Morgan fingerprint density at radius 1 is 1.28 bits per heavy atom. The van der Waals surface area contributed by atoms with Gasteiger partial charge in [0.15, 0.2) is 0 Å². The van der Waals surface area contributed by atoms with Gasteiger partial charge in [0.1, 0.15) is 11.3 Å². The minimum absolute atomic E-state index is 0.0845. The van der Waals surface area contributed by atoms with E-state index in [1.54, 1.807) is 39.9 Å². The van der Waals surface area contributed by atoms with Gasteiger partial charge in [-0.1, -0.05) is 23.4 Å². The highest BCUT2D eigenvalue weighted by molar-refractivity contribution is 5.97. The first-order valence-electron chi connectivity index (χ1n) is 8.55. The summed E-state index contributed by atoms with van der Waals surface area (Å²) >= 11 is 0. The number of fused-ring (bicyclic) bond motifs is 1. The van der Waals surface area contributed by atoms with E-state index in [2.05, 4.69) is 10.3 Å². The summed E-state index contributed by atoms with van der Waals surface area (Å²) in [6.45, 7) is 3.01. The van der Waals surface area contributed by atoms with E-state index in [9.17, 15) is 9.18 Å². The van der Waals surface area contributed by atoms with Gasteiger partial charge in [-0.3, -0.25) is 4.79 Å². The maximum atomic E-state index is 14.0. The predicted molar refractivity (Wildman–Crippen MR) is 92.5 cm³/mol. The lowest BCUT2D eigenvalue weighted by atomic mass is 10.1. The van der Waals surface area contributed by atoms with E-state index < -0.39 is 0 Å². The predicted octanol–water partition coefficient (Wildman–Crippen LogP) is 3.40. The van der Waals surface area contributed by atoms with Crippen molar-refractivity contribution in [2.24, 2.45) is 0 Å². The van der Waals surface area contributed by atoms with Gasteiger partial charge in [0, 0.05) is 30.3 Å². The smallest absolute Gasteiger partial charge is 0.254 e. The van der Waals surface area contributed by atoms with Crippen LogP contribution in [0.3, 0.4) is 0 Å². The van der Waals surface area contributed by atoms with Gasteiger partial charge >= 0.3 is 0 Å². The molecule has 0 N–H and O–H groups in total. The number of rotatable bonds is 5. The topological polar surface area (TPSA) is 51.0 Å². The van der Waals surface area contributed by atoms with Crippen molar-refractivity contribution in [3.05, 3.63) is 59.4 Å². The van der Waals surface area contributed by atoms with Crippen LogP contribution in [0.15, 0.2) is 42.5 Å². The summed E-state index contributed by atoms with van der Waals surface area (Å²) in [5.41, 5.74) is 2.72. The van der Waals surface area contributed by atoms with Gasteiger partial charge in [-0.2, -0.15) is 0 Å². The molecule has 5 nitrogen and oxygen atoms in total. The van der Waals surface area contributed by atoms with Crippen molar-refractivity contribution in [2.45, 2.75) is 38.9 Å². The molecule has 3 aromatic rings. The molecule has 0 atom stereocenters. The molecule has 25 heavy (non-hydrogen) atoms. The lowest BCUT2D eigenvalue weighted by Crippen LogP contribution is -2.32. The Kier molecular flexibility index (Phi) is 3.95. The van der Waals surface area contributed by atoms with E-state index in [-0.39, 0.29) is 24.3 Å². The zero-order chi connectivity index (χ0) is 17.4. The van der Waals surface area contributed by atoms with Crippen LogP contribution in [0, 0.1) is 5.82 Å². The Hall–Kier alpha value is -2.76. The fourth-order valence-electron chi connectivity index (χ4n) is 3.07. The first kappa shape index (κ1) is 15.7. The Bertz CT molecular complexity index is 932. The number of carbonyl (C=O) groups excluding carboxylic acids is 1. The lowest BCUT2D eigenvalue weighted by molar-refractivity contribution is 0.0728. The number of hydrogen-bond donors (Lipinski definition) is 0. The number of aryl methyl sites for hydroxylation is 1. The van der Waals surface area contributed by atoms with Crippen LogP contribution in [0.4, 0.5) is 4.39 Å². The number of benzene rings is 2. The molecule has 1 aliphatic rings. The second-order valence-electron chi connectivity index (χ2n) is 6.36. The molecule has 1 fully saturated rings. The Balaban J connectivity index is 1.64. The average Bonchev–Trinajstić information content (AvgIpc) is 3.39. The average molecular weight is 338 g/mol. The molecule has 0 saturated heterocycles. The highest BCUT2D eigenvalue weighted by atomic mass is 19.1. The first-order chi connectivity index (χ1) is 12.2. The number of amides is 1. The second kappa shape index (κ2) is 6.27. The van der Waals surface area contributed by atoms with Crippen molar-refractivity contribution < 1.29 is 9.18 Å². The Morgan fingerprint density at radius 3 is 2.80 bits per heavy atom. The molecule has 4 rings (SSSR count). The fraction of sp³-hybridized carbons (Fsp3) is 0.316. The molecule has 2 aromatic carbocycles. The number of aromatic nitrogens is 3. The molecule has 1 saturated carbocycles. The minimum Gasteiger partial charge on any atom is -0.331 e. The highest BCUT2D eigenvalue weighted by Gasteiger charge is 2.33. The number of halogens is 1. The van der Waals surface area contributed by atoms with Crippen LogP contribution in [-0.2, 0) is 13.1 Å². The van der Waals surface area contributed by atoms with Crippen LogP contribution in [0.2, 0.25) is 0 Å². The molecular weight excluding hydrogens is 319 g/mol. The van der Waals surface area contributed by atoms with Crippen molar-refractivity contribution in [1.82, 2.24) is 19.9 Å². The Morgan fingerprint density at radius 2 is 2.08 bits per heavy atom. The normalized spacial score (nSPS) is 14.0. The number of nitrogens with zero attached hydrogens (tertiary/aromatic N) is 4. The standard InChI is InChI=1S/C19H19FN4O/c1-2-24-18-10-7-13(11-17(18)21-22-24)19(25)23(15-8-9-15)12-14-5-3-4-6-16(14)20/h3-7,10-11,15H,2,8-9,12H2,1H3. The van der Waals surface area contributed by atoms with Crippen LogP contribution < -0.4 is 0 Å². The van der Waals surface area contributed by atoms with Crippen molar-refractivity contribution in [2.75, 3.05) is 0 Å². The second-order valence-corrected chi connectivity index (χ2v) is 6.36. The molecule has 1 aromatic heterocycles. The van der Waals surface area contributed by atoms with Crippen LogP contribution in [0.1, 0.15) is 35.7 Å². The van der Waals surface area contributed by atoms with E-state index in [0.29, 0.717) is 16.6 Å². The number of carbonyl (C=O) groups is 1. The molecule has 0 unspecified atom stereocenters. The maximum absolute atomic E-state index is 14.0. The summed E-state index contributed by atoms with van der Waals surface area (Å²) in [6.07, 6.45) is 1.93. The van der Waals surface area contributed by atoms with Crippen molar-refractivity contribution in [3.8, 4) is 0 Å². The molecule has 0 aliphatic heterocycles. The summed E-state index contributed by atoms with van der Waals surface area (Å²) in [4.78, 5) is 14.8. The van der Waals surface area contributed by atoms with Gasteiger partial charge < -0.3 is 4.90 Å². The zero-order valence-electron chi connectivity index (χ0n) is 14.0. The summed E-state index contributed by atoms with van der Waals surface area (Å²) in [7, 11) is 0. The van der Waals surface area contributed by atoms with Crippen molar-refractivity contribution >= 4 is 16.9 Å². The largest absolute Gasteiger partial charge is 0.331 e. The van der Waals surface area contributed by atoms with E-state index in [0.717, 1.165) is 24.9 Å². The number of hydrogen-bond acceptors (Lipinski definition) is 3. The molecule has 1 heterocycles. The summed E-state index contributed by atoms with van der Waals surface area (Å²) in [6, 6.07) is 12.3. The van der Waals surface area contributed by atoms with Gasteiger partial charge in [-0.25, -0.2) is 9.07 Å². The molecule has 6 heteroatoms. The van der Waals surface area contributed by atoms with Crippen LogP contribution in [0.5, 0.6) is 0 Å². The third kappa shape index (κ3) is 2.99. The van der Waals surface area contributed by atoms with Gasteiger partial charge in [0.05, 0.1) is 5.52 Å². The van der Waals surface area contributed by atoms with Gasteiger partial charge in [-0.05, 0) is 44.0 Å². The monoisotopic (exact) mass is 338 g/mol. The van der Waals surface area contributed by atoms with Crippen LogP contribution in [-0.4, -0.2) is 31.8 Å². The van der Waals surface area contributed by atoms with Gasteiger partial charge in [-0.15, -0.1) is 5.10 Å². The summed E-state index contributed by atoms with van der Waals surface area (Å²) in [5.74, 6) is -0.360. The van der Waals surface area contributed by atoms with E-state index in [4.69, 9.17) is 0 Å². The molecule has 0 bridgehead atoms. The van der Waals surface area contributed by atoms with Crippen LogP contribution in [0.25, 0.3) is 11.0 Å². The van der Waals surface area contributed by atoms with Crippen molar-refractivity contribution in [3.63, 3.8) is 0 Å². The minimum atomic E-state index is -0.276. The molecule has 0 spiro atoms. The van der Waals surface area contributed by atoms with Crippen molar-refractivity contribution in [1.29, 1.82) is 0 Å². The molecule has 0 radical (unpaired) electrons. The summed E-state index contributed by atoms with van der Waals surface area (Å²) in [5, 5.41) is 8.21. The molecular formula is C19H19FN4O. The Labute approximate surface area is 145 Å². The lowest BCUT2D eigenvalue weighted by Gasteiger charge is -2.23. The van der Waals surface area contributed by atoms with E-state index in [1.165, 1.54) is 6.07 Å². The SMILES string of the molecule is CCn1nnc2cc(C(=O)N(Cc3ccccc3F)C3CC3)ccc21. The van der Waals surface area contributed by atoms with Gasteiger partial charge in [0.25, 0.3) is 5.91 Å². The quantitative estimate of drug-likeness (QED) is 0.716. The third-order valence-electron chi connectivity index (χ3n) is 4.61. The first-order valence-corrected chi connectivity index (χ1v) is 8.55. The fourth-order valence-corrected chi connectivity index (χ4v) is 3.07. The molecule has 1 amide bonds. The van der Waals surface area contributed by atoms with E-state index in [1.807, 2.05) is 13.0 Å². The van der Waals surface area contributed by atoms with Crippen LogP contribution >= 0.6 is 0 Å². The maximum Gasteiger partial charge on any atom is 0.254 e. The third-order valence-corrected chi connectivity index (χ3v) is 4.61. The molecule has 128 valence electrons. The van der Waals surface area contributed by atoms with E-state index >= 15 is 0 Å². The van der Waals surface area contributed by atoms with Gasteiger partial charge in [0.2, 0.25) is 0 Å². The molecule has 1 aliphatic carbocycles.